The highest BCUT2D eigenvalue weighted by atomic mass is 79.9. The van der Waals surface area contributed by atoms with E-state index in [9.17, 15) is 9.90 Å². The Hall–Kier alpha value is -1.03. The number of carbonyl (C=O) groups excluding carboxylic acids is 1. The third kappa shape index (κ3) is 3.03. The van der Waals surface area contributed by atoms with Crippen molar-refractivity contribution in [1.29, 1.82) is 0 Å². The molecular weight excluding hydrogens is 246 g/mol. The van der Waals surface area contributed by atoms with Gasteiger partial charge in [-0.3, -0.25) is 4.79 Å². The molecule has 1 aromatic rings. The van der Waals surface area contributed by atoms with E-state index in [0.717, 1.165) is 5.56 Å². The fourth-order valence-electron chi connectivity index (χ4n) is 1.05. The van der Waals surface area contributed by atoms with Gasteiger partial charge in [-0.05, 0) is 24.6 Å². The van der Waals surface area contributed by atoms with Gasteiger partial charge in [0.15, 0.2) is 0 Å². The highest BCUT2D eigenvalue weighted by Gasteiger charge is 2.05. The Balaban J connectivity index is 2.72. The van der Waals surface area contributed by atoms with Crippen LogP contribution in [0, 0.1) is 6.92 Å². The topological polar surface area (TPSA) is 49.3 Å². The number of hydrogen-bond acceptors (Lipinski definition) is 2. The number of alkyl halides is 1. The predicted octanol–water partition coefficient (Wildman–Crippen LogP) is 2.42. The zero-order chi connectivity index (χ0) is 10.6. The van der Waals surface area contributed by atoms with E-state index in [0.29, 0.717) is 17.4 Å². The van der Waals surface area contributed by atoms with Crippen molar-refractivity contribution in [1.82, 2.24) is 0 Å². The summed E-state index contributed by atoms with van der Waals surface area (Å²) in [5.74, 6) is -0.00560. The molecule has 3 nitrogen and oxygen atoms in total. The Morgan fingerprint density at radius 2 is 2.29 bits per heavy atom. The molecule has 0 aromatic heterocycles. The van der Waals surface area contributed by atoms with Gasteiger partial charge in [0.1, 0.15) is 5.75 Å². The van der Waals surface area contributed by atoms with Gasteiger partial charge < -0.3 is 10.4 Å². The number of benzene rings is 1. The first-order valence-electron chi connectivity index (χ1n) is 4.29. The van der Waals surface area contributed by atoms with E-state index >= 15 is 0 Å². The second-order valence-electron chi connectivity index (χ2n) is 3.01. The number of nitrogens with one attached hydrogen (secondary N) is 1. The summed E-state index contributed by atoms with van der Waals surface area (Å²) in [5.41, 5.74) is 1.42. The summed E-state index contributed by atoms with van der Waals surface area (Å²) >= 11 is 3.17. The molecule has 0 heterocycles. The van der Waals surface area contributed by atoms with E-state index < -0.39 is 0 Å². The number of aryl methyl sites for hydroxylation is 1. The van der Waals surface area contributed by atoms with E-state index in [-0.39, 0.29) is 11.7 Å². The van der Waals surface area contributed by atoms with Gasteiger partial charge in [0.25, 0.3) is 0 Å². The van der Waals surface area contributed by atoms with Gasteiger partial charge in [-0.15, -0.1) is 0 Å². The van der Waals surface area contributed by atoms with Crippen LogP contribution >= 0.6 is 15.9 Å². The fraction of sp³-hybridized carbons (Fsp3) is 0.300. The molecule has 0 saturated heterocycles. The highest BCUT2D eigenvalue weighted by molar-refractivity contribution is 9.09. The van der Waals surface area contributed by atoms with E-state index in [2.05, 4.69) is 21.2 Å². The molecule has 1 amide bonds. The van der Waals surface area contributed by atoms with Crippen LogP contribution in [0.25, 0.3) is 0 Å². The van der Waals surface area contributed by atoms with Gasteiger partial charge in [-0.2, -0.15) is 0 Å². The van der Waals surface area contributed by atoms with Crippen molar-refractivity contribution in [2.24, 2.45) is 0 Å². The summed E-state index contributed by atoms with van der Waals surface area (Å²) in [7, 11) is 0. The summed E-state index contributed by atoms with van der Waals surface area (Å²) in [6.07, 6.45) is 0.396. The van der Waals surface area contributed by atoms with Crippen molar-refractivity contribution in [3.8, 4) is 5.75 Å². The molecule has 0 aliphatic rings. The van der Waals surface area contributed by atoms with Crippen LogP contribution in [-0.2, 0) is 4.79 Å². The van der Waals surface area contributed by atoms with Crippen LogP contribution in [0.15, 0.2) is 18.2 Å². The van der Waals surface area contributed by atoms with Crippen molar-refractivity contribution in [2.45, 2.75) is 13.3 Å². The maximum Gasteiger partial charge on any atom is 0.225 e. The number of phenols is 1. The smallest absolute Gasteiger partial charge is 0.225 e. The van der Waals surface area contributed by atoms with Crippen LogP contribution in [0.2, 0.25) is 0 Å². The normalized spacial score (nSPS) is 9.86. The highest BCUT2D eigenvalue weighted by Crippen LogP contribution is 2.23. The molecular formula is C10H12BrNO2. The monoisotopic (exact) mass is 257 g/mol. The molecule has 76 valence electrons. The van der Waals surface area contributed by atoms with Gasteiger partial charge in [-0.25, -0.2) is 0 Å². The number of phenolic OH excluding ortho intramolecular Hbond substituents is 1. The molecule has 0 aliphatic carbocycles. The molecule has 0 atom stereocenters. The van der Waals surface area contributed by atoms with E-state index in [1.165, 1.54) is 0 Å². The number of carbonyl (C=O) groups is 1. The molecule has 0 bridgehead atoms. The molecule has 1 rings (SSSR count). The van der Waals surface area contributed by atoms with Crippen molar-refractivity contribution < 1.29 is 9.90 Å². The molecule has 2 N–H and O–H groups in total. The van der Waals surface area contributed by atoms with Gasteiger partial charge in [-0.1, -0.05) is 22.0 Å². The maximum absolute atomic E-state index is 11.2. The number of anilines is 1. The minimum absolute atomic E-state index is 0.105. The molecule has 0 unspecified atom stereocenters. The number of halogens is 1. The van der Waals surface area contributed by atoms with Gasteiger partial charge in [0, 0.05) is 11.8 Å². The van der Waals surface area contributed by atoms with Crippen LogP contribution in [0.1, 0.15) is 12.0 Å². The predicted molar refractivity (Wildman–Crippen MR) is 59.9 cm³/mol. The quantitative estimate of drug-likeness (QED) is 0.646. The number of rotatable bonds is 3. The Bertz CT molecular complexity index is 339. The first-order chi connectivity index (χ1) is 6.63. The van der Waals surface area contributed by atoms with E-state index in [1.54, 1.807) is 12.1 Å². The lowest BCUT2D eigenvalue weighted by atomic mass is 10.2. The molecule has 0 fully saturated rings. The lowest BCUT2D eigenvalue weighted by molar-refractivity contribution is -0.115. The van der Waals surface area contributed by atoms with Gasteiger partial charge in [0.2, 0.25) is 5.91 Å². The first kappa shape index (κ1) is 11.0. The average Bonchev–Trinajstić information content (AvgIpc) is 2.10. The number of hydrogen-bond donors (Lipinski definition) is 2. The van der Waals surface area contributed by atoms with Crippen LogP contribution in [0.5, 0.6) is 5.75 Å². The lowest BCUT2D eigenvalue weighted by Gasteiger charge is -2.06. The summed E-state index contributed by atoms with van der Waals surface area (Å²) < 4.78 is 0. The molecule has 1 aromatic carbocycles. The largest absolute Gasteiger partial charge is 0.506 e. The summed E-state index contributed by atoms with van der Waals surface area (Å²) in [4.78, 5) is 11.2. The average molecular weight is 258 g/mol. The Morgan fingerprint density at radius 1 is 1.57 bits per heavy atom. The van der Waals surface area contributed by atoms with Gasteiger partial charge in [0.05, 0.1) is 5.69 Å². The summed E-state index contributed by atoms with van der Waals surface area (Å²) in [6.45, 7) is 1.88. The van der Waals surface area contributed by atoms with Crippen molar-refractivity contribution in [3.63, 3.8) is 0 Å². The summed E-state index contributed by atoms with van der Waals surface area (Å²) in [5, 5.41) is 12.7. The van der Waals surface area contributed by atoms with E-state index in [1.807, 2.05) is 13.0 Å². The first-order valence-corrected chi connectivity index (χ1v) is 5.41. The van der Waals surface area contributed by atoms with Crippen molar-refractivity contribution >= 4 is 27.5 Å². The van der Waals surface area contributed by atoms with Crippen LogP contribution in [-0.4, -0.2) is 16.3 Å². The van der Waals surface area contributed by atoms with Crippen molar-refractivity contribution in [2.75, 3.05) is 10.6 Å². The molecule has 0 spiro atoms. The van der Waals surface area contributed by atoms with Crippen molar-refractivity contribution in [3.05, 3.63) is 23.8 Å². The zero-order valence-electron chi connectivity index (χ0n) is 7.88. The molecule has 14 heavy (non-hydrogen) atoms. The minimum atomic E-state index is -0.110. The minimum Gasteiger partial charge on any atom is -0.506 e. The second kappa shape index (κ2) is 5.00. The third-order valence-electron chi connectivity index (χ3n) is 1.75. The molecule has 4 heteroatoms. The molecule has 0 aliphatic heterocycles. The Kier molecular flexibility index (Phi) is 3.95. The second-order valence-corrected chi connectivity index (χ2v) is 3.80. The van der Waals surface area contributed by atoms with E-state index in [4.69, 9.17) is 0 Å². The molecule has 0 saturated carbocycles. The molecule has 0 radical (unpaired) electrons. The standard InChI is InChI=1S/C10H12BrNO2/c1-7-2-3-8(9(13)6-7)12-10(14)4-5-11/h2-3,6,13H,4-5H2,1H3,(H,12,14). The maximum atomic E-state index is 11.2. The number of aromatic hydroxyl groups is 1. The van der Waals surface area contributed by atoms with Crippen LogP contribution in [0.4, 0.5) is 5.69 Å². The third-order valence-corrected chi connectivity index (χ3v) is 2.15. The lowest BCUT2D eigenvalue weighted by Crippen LogP contribution is -2.11. The van der Waals surface area contributed by atoms with Gasteiger partial charge >= 0.3 is 0 Å². The van der Waals surface area contributed by atoms with Crippen LogP contribution in [0.3, 0.4) is 0 Å². The SMILES string of the molecule is Cc1ccc(NC(=O)CCBr)c(O)c1. The Morgan fingerprint density at radius 3 is 2.86 bits per heavy atom. The fourth-order valence-corrected chi connectivity index (χ4v) is 1.41. The summed E-state index contributed by atoms with van der Waals surface area (Å²) in [6, 6.07) is 5.14. The van der Waals surface area contributed by atoms with Crippen LogP contribution < -0.4 is 5.32 Å². The Labute approximate surface area is 91.3 Å². The zero-order valence-corrected chi connectivity index (χ0v) is 9.47. The number of amides is 1.